The molecule has 1 aliphatic carbocycles. The average Bonchev–Trinajstić information content (AvgIpc) is 2.86. The van der Waals surface area contributed by atoms with E-state index >= 15 is 0 Å². The van der Waals surface area contributed by atoms with Crippen molar-refractivity contribution >= 4 is 8.32 Å². The molecule has 1 aliphatic heterocycles. The summed E-state index contributed by atoms with van der Waals surface area (Å²) >= 11 is 0. The summed E-state index contributed by atoms with van der Waals surface area (Å²) in [6.07, 6.45) is 9.89. The van der Waals surface area contributed by atoms with Crippen molar-refractivity contribution in [3.63, 3.8) is 0 Å². The number of fused-ring (bicyclic) bond motifs is 3. The molecule has 0 bridgehead atoms. The van der Waals surface area contributed by atoms with E-state index in [0.717, 1.165) is 36.3 Å². The highest BCUT2D eigenvalue weighted by atomic mass is 28.4. The Balaban J connectivity index is 2.01. The maximum atomic E-state index is 10.8. The van der Waals surface area contributed by atoms with Gasteiger partial charge < -0.3 is 19.0 Å². The Morgan fingerprint density at radius 1 is 1.15 bits per heavy atom. The fourth-order valence-corrected chi connectivity index (χ4v) is 6.91. The fourth-order valence-electron chi connectivity index (χ4n) is 6.04. The van der Waals surface area contributed by atoms with Crippen LogP contribution < -0.4 is 9.47 Å². The summed E-state index contributed by atoms with van der Waals surface area (Å²) in [6, 6.07) is 4.46. The molecule has 0 radical (unpaired) electrons. The Hall–Kier alpha value is -1.74. The number of rotatable bonds is 11. The molecular weight excluding hydrogens is 512 g/mol. The molecule has 1 fully saturated rings. The minimum Gasteiger partial charge on any atom is -0.489 e. The van der Waals surface area contributed by atoms with E-state index in [1.165, 1.54) is 31.2 Å². The zero-order chi connectivity index (χ0) is 29.8. The van der Waals surface area contributed by atoms with E-state index in [0.29, 0.717) is 19.6 Å². The molecule has 3 rings (SSSR count). The molecule has 2 aliphatic rings. The van der Waals surface area contributed by atoms with Crippen molar-refractivity contribution in [3.05, 3.63) is 35.9 Å². The van der Waals surface area contributed by atoms with Gasteiger partial charge in [-0.25, -0.2) is 0 Å². The molecule has 4 nitrogen and oxygen atoms in total. The molecule has 0 saturated heterocycles. The lowest BCUT2D eigenvalue weighted by Crippen LogP contribution is -2.49. The average molecular weight is 569 g/mol. The summed E-state index contributed by atoms with van der Waals surface area (Å²) in [4.78, 5) is 0. The maximum absolute atomic E-state index is 10.8. The first-order valence-corrected chi connectivity index (χ1v) is 18.5. The molecule has 5 heteroatoms. The SMILES string of the molecule is C=CCOc1cc(C(C)(C)CCCCCC)cc2c1[C@H]1C[C@H](O)CC[C@@H]1[C@@](C)(C#CCO[Si](C)(C)C(C)(C)C)O2. The molecule has 0 aromatic heterocycles. The Kier molecular flexibility index (Phi) is 10.7. The quantitative estimate of drug-likeness (QED) is 0.125. The van der Waals surface area contributed by atoms with Crippen molar-refractivity contribution in [2.24, 2.45) is 5.92 Å². The number of aliphatic hydroxyl groups is 1. The lowest BCUT2D eigenvalue weighted by Gasteiger charge is -2.48. The second-order valence-electron chi connectivity index (χ2n) is 14.4. The standard InChI is InChI=1S/C35H56O4Si/c1-11-13-14-15-19-34(6,7)26-23-30(37-21-12-2)32-28-25-27(36)17-18-29(28)35(8,39-31(32)24-26)20-16-22-38-40(9,10)33(3,4)5/h12,23-24,27-29,36H,2,11,13-15,17-19,21-22,25H2,1,3-10H3/t27-,28+,29+,35-/m1/s1. The van der Waals surface area contributed by atoms with Crippen LogP contribution in [0.15, 0.2) is 24.8 Å². The molecule has 0 unspecified atom stereocenters. The summed E-state index contributed by atoms with van der Waals surface area (Å²) in [5.41, 5.74) is 1.65. The van der Waals surface area contributed by atoms with Gasteiger partial charge >= 0.3 is 0 Å². The second-order valence-corrected chi connectivity index (χ2v) is 19.2. The van der Waals surface area contributed by atoms with Crippen molar-refractivity contribution in [3.8, 4) is 23.3 Å². The Morgan fingerprint density at radius 3 is 2.52 bits per heavy atom. The van der Waals surface area contributed by atoms with Crippen LogP contribution >= 0.6 is 0 Å². The Bertz CT molecular complexity index is 1070. The van der Waals surface area contributed by atoms with Gasteiger partial charge in [0.25, 0.3) is 0 Å². The molecule has 1 heterocycles. The van der Waals surface area contributed by atoms with Crippen LogP contribution in [0.1, 0.15) is 117 Å². The van der Waals surface area contributed by atoms with Crippen molar-refractivity contribution in [1.29, 1.82) is 0 Å². The van der Waals surface area contributed by atoms with Crippen LogP contribution in [-0.4, -0.2) is 38.3 Å². The molecule has 0 amide bonds. The molecule has 1 aromatic rings. The first-order valence-electron chi connectivity index (χ1n) is 15.6. The van der Waals surface area contributed by atoms with Crippen LogP contribution in [-0.2, 0) is 9.84 Å². The zero-order valence-electron chi connectivity index (χ0n) is 26.9. The van der Waals surface area contributed by atoms with E-state index in [1.807, 2.05) is 0 Å². The molecular formula is C35H56O4Si. The zero-order valence-corrected chi connectivity index (χ0v) is 27.9. The van der Waals surface area contributed by atoms with Crippen molar-refractivity contribution < 1.29 is 19.0 Å². The van der Waals surface area contributed by atoms with Crippen molar-refractivity contribution in [1.82, 2.24) is 0 Å². The van der Waals surface area contributed by atoms with E-state index in [2.05, 4.69) is 92.1 Å². The normalized spacial score (nSPS) is 24.7. The maximum Gasteiger partial charge on any atom is 0.193 e. The van der Waals surface area contributed by atoms with Gasteiger partial charge in [-0.15, -0.1) is 0 Å². The van der Waals surface area contributed by atoms with Gasteiger partial charge in [-0.1, -0.05) is 91.7 Å². The number of hydrogen-bond acceptors (Lipinski definition) is 4. The second kappa shape index (κ2) is 13.1. The molecule has 1 aromatic carbocycles. The highest BCUT2D eigenvalue weighted by Gasteiger charge is 2.50. The van der Waals surface area contributed by atoms with Crippen LogP contribution in [0.5, 0.6) is 11.5 Å². The van der Waals surface area contributed by atoms with Gasteiger partial charge in [-0.05, 0) is 73.9 Å². The Labute approximate surface area is 246 Å². The van der Waals surface area contributed by atoms with E-state index in [-0.39, 0.29) is 28.4 Å². The molecule has 4 atom stereocenters. The number of benzene rings is 1. The highest BCUT2D eigenvalue weighted by molar-refractivity contribution is 6.74. The summed E-state index contributed by atoms with van der Waals surface area (Å²) in [6.45, 7) is 25.1. The van der Waals surface area contributed by atoms with Crippen LogP contribution in [0.4, 0.5) is 0 Å². The van der Waals surface area contributed by atoms with Gasteiger partial charge in [0.05, 0.1) is 12.7 Å². The predicted octanol–water partition coefficient (Wildman–Crippen LogP) is 8.92. The van der Waals surface area contributed by atoms with Gasteiger partial charge in [-0.2, -0.15) is 0 Å². The van der Waals surface area contributed by atoms with Crippen LogP contribution in [0, 0.1) is 17.8 Å². The van der Waals surface area contributed by atoms with Gasteiger partial charge in [-0.3, -0.25) is 0 Å². The van der Waals surface area contributed by atoms with E-state index in [1.54, 1.807) is 6.08 Å². The number of unbranched alkanes of at least 4 members (excludes halogenated alkanes) is 3. The van der Waals surface area contributed by atoms with Gasteiger partial charge in [0, 0.05) is 17.4 Å². The minimum absolute atomic E-state index is 0.0135. The molecule has 0 spiro atoms. The number of hydrogen-bond donors (Lipinski definition) is 1. The molecule has 224 valence electrons. The largest absolute Gasteiger partial charge is 0.489 e. The van der Waals surface area contributed by atoms with E-state index in [4.69, 9.17) is 13.9 Å². The summed E-state index contributed by atoms with van der Waals surface area (Å²) in [5.74, 6) is 8.91. The number of aliphatic hydroxyl groups excluding tert-OH is 1. The van der Waals surface area contributed by atoms with Crippen LogP contribution in [0.25, 0.3) is 0 Å². The van der Waals surface area contributed by atoms with Crippen molar-refractivity contribution in [2.75, 3.05) is 13.2 Å². The third kappa shape index (κ3) is 7.55. The lowest BCUT2D eigenvalue weighted by molar-refractivity contribution is -0.00810. The molecule has 40 heavy (non-hydrogen) atoms. The van der Waals surface area contributed by atoms with Gasteiger partial charge in [0.2, 0.25) is 0 Å². The van der Waals surface area contributed by atoms with Crippen LogP contribution in [0.2, 0.25) is 18.1 Å². The fraction of sp³-hybridized carbons (Fsp3) is 0.714. The topological polar surface area (TPSA) is 47.9 Å². The van der Waals surface area contributed by atoms with Gasteiger partial charge in [0.15, 0.2) is 13.9 Å². The minimum atomic E-state index is -1.88. The first kappa shape index (κ1) is 32.8. The smallest absolute Gasteiger partial charge is 0.193 e. The summed E-state index contributed by atoms with van der Waals surface area (Å²) < 4.78 is 19.6. The molecule has 1 N–H and O–H groups in total. The monoisotopic (exact) mass is 568 g/mol. The van der Waals surface area contributed by atoms with E-state index < -0.39 is 13.9 Å². The summed E-state index contributed by atoms with van der Waals surface area (Å²) in [5, 5.41) is 10.9. The predicted molar refractivity (Wildman–Crippen MR) is 170 cm³/mol. The third-order valence-electron chi connectivity index (χ3n) is 9.77. The lowest BCUT2D eigenvalue weighted by atomic mass is 9.65. The molecule has 1 saturated carbocycles. The third-order valence-corrected chi connectivity index (χ3v) is 14.2. The first-order chi connectivity index (χ1) is 18.6. The van der Waals surface area contributed by atoms with Crippen molar-refractivity contribution in [2.45, 2.75) is 141 Å². The highest BCUT2D eigenvalue weighted by Crippen LogP contribution is 2.55. The Morgan fingerprint density at radius 2 is 1.88 bits per heavy atom. The summed E-state index contributed by atoms with van der Waals surface area (Å²) in [7, 11) is -1.88. The van der Waals surface area contributed by atoms with Crippen LogP contribution in [0.3, 0.4) is 0 Å². The van der Waals surface area contributed by atoms with E-state index in [9.17, 15) is 5.11 Å². The van der Waals surface area contributed by atoms with Gasteiger partial charge in [0.1, 0.15) is 18.1 Å². The number of ether oxygens (including phenoxy) is 2.